The van der Waals surface area contributed by atoms with Crippen molar-refractivity contribution in [1.29, 1.82) is 0 Å². The fourth-order valence-electron chi connectivity index (χ4n) is 2.78. The summed E-state index contributed by atoms with van der Waals surface area (Å²) in [6.45, 7) is 16.0. The lowest BCUT2D eigenvalue weighted by Crippen LogP contribution is -2.24. The van der Waals surface area contributed by atoms with Crippen molar-refractivity contribution in [2.75, 3.05) is 11.9 Å². The molecule has 25 heavy (non-hydrogen) atoms. The zero-order valence-corrected chi connectivity index (χ0v) is 19.3. The Morgan fingerprint density at radius 2 is 1.76 bits per heavy atom. The molecule has 144 valence electrons. The molecule has 0 fully saturated rings. The molecule has 0 aliphatic heterocycles. The quantitative estimate of drug-likeness (QED) is 0.419. The van der Waals surface area contributed by atoms with Gasteiger partial charge in [0.2, 0.25) is 0 Å². The average Bonchev–Trinajstić information content (AvgIpc) is 2.87. The zero-order valence-electron chi connectivity index (χ0n) is 16.9. The van der Waals surface area contributed by atoms with Crippen LogP contribution in [-0.4, -0.2) is 22.1 Å². The number of hydrogen-bond acceptors (Lipinski definition) is 4. The van der Waals surface area contributed by atoms with Crippen LogP contribution in [0.3, 0.4) is 0 Å². The Bertz CT molecular complexity index is 540. The number of nitrogens with one attached hydrogen (secondary N) is 1. The molecule has 5 heteroatoms. The van der Waals surface area contributed by atoms with Gasteiger partial charge in [-0.05, 0) is 37.0 Å². The lowest BCUT2D eigenvalue weighted by molar-refractivity contribution is -0.122. The predicted octanol–water partition coefficient (Wildman–Crippen LogP) is 6.28. The fraction of sp³-hybridized carbons (Fsp3) is 0.800. The topological polar surface area (TPSA) is 42.0 Å². The number of hydrogen-bond donors (Lipinski definition) is 1. The van der Waals surface area contributed by atoms with E-state index in [1.54, 1.807) is 11.3 Å². The first kappa shape index (κ1) is 22.6. The molecule has 0 aliphatic carbocycles. The van der Waals surface area contributed by atoms with Crippen LogP contribution < -0.4 is 5.32 Å². The molecule has 1 aromatic heterocycles. The van der Waals surface area contributed by atoms with Gasteiger partial charge in [0.05, 0.1) is 10.5 Å². The highest BCUT2D eigenvalue weighted by atomic mass is 79.9. The van der Waals surface area contributed by atoms with Crippen LogP contribution in [-0.2, 0) is 11.2 Å². The van der Waals surface area contributed by atoms with Gasteiger partial charge in [-0.1, -0.05) is 64.4 Å². The minimum atomic E-state index is -0.0208. The molecular weight excluding hydrogens is 396 g/mol. The van der Waals surface area contributed by atoms with Crippen molar-refractivity contribution in [2.24, 2.45) is 17.8 Å². The lowest BCUT2D eigenvalue weighted by Gasteiger charge is -2.16. The van der Waals surface area contributed by atoms with E-state index in [-0.39, 0.29) is 10.7 Å². The Hall–Kier alpha value is -0.420. The monoisotopic (exact) mass is 430 g/mol. The summed E-state index contributed by atoms with van der Waals surface area (Å²) in [5.74, 6) is 2.00. The fourth-order valence-corrected chi connectivity index (χ4v) is 5.34. The van der Waals surface area contributed by atoms with Gasteiger partial charge in [-0.3, -0.25) is 4.79 Å². The summed E-state index contributed by atoms with van der Waals surface area (Å²) >= 11 is 5.33. The summed E-state index contributed by atoms with van der Waals surface area (Å²) in [6, 6.07) is 0. The molecule has 1 rings (SSSR count). The average molecular weight is 431 g/mol. The van der Waals surface area contributed by atoms with Crippen LogP contribution >= 0.6 is 27.3 Å². The molecule has 0 saturated heterocycles. The number of ketones is 1. The maximum Gasteiger partial charge on any atom is 0.183 e. The molecule has 0 aliphatic rings. The van der Waals surface area contributed by atoms with Gasteiger partial charge in [0.1, 0.15) is 5.78 Å². The van der Waals surface area contributed by atoms with E-state index in [1.165, 1.54) is 10.6 Å². The Balaban J connectivity index is 2.56. The van der Waals surface area contributed by atoms with E-state index in [9.17, 15) is 4.79 Å². The van der Waals surface area contributed by atoms with Crippen LogP contribution in [0.4, 0.5) is 5.13 Å². The van der Waals surface area contributed by atoms with Crippen molar-refractivity contribution in [3.8, 4) is 0 Å². The summed E-state index contributed by atoms with van der Waals surface area (Å²) in [7, 11) is 0. The molecule has 0 saturated carbocycles. The minimum absolute atomic E-state index is 0.0208. The second-order valence-electron chi connectivity index (χ2n) is 8.20. The number of aromatic nitrogens is 1. The third-order valence-corrected chi connectivity index (χ3v) is 6.07. The second kappa shape index (κ2) is 10.7. The molecule has 3 nitrogen and oxygen atoms in total. The number of carbonyl (C=O) groups is 1. The molecule has 2 unspecified atom stereocenters. The highest BCUT2D eigenvalue weighted by Crippen LogP contribution is 2.30. The highest BCUT2D eigenvalue weighted by Gasteiger charge is 2.22. The smallest absolute Gasteiger partial charge is 0.183 e. The van der Waals surface area contributed by atoms with Crippen molar-refractivity contribution in [2.45, 2.75) is 78.5 Å². The molecule has 0 spiro atoms. The van der Waals surface area contributed by atoms with Crippen LogP contribution in [0.25, 0.3) is 0 Å². The van der Waals surface area contributed by atoms with Gasteiger partial charge in [0.15, 0.2) is 5.13 Å². The van der Waals surface area contributed by atoms with Gasteiger partial charge in [-0.25, -0.2) is 4.98 Å². The van der Waals surface area contributed by atoms with E-state index in [2.05, 4.69) is 62.8 Å². The summed E-state index contributed by atoms with van der Waals surface area (Å²) < 4.78 is 0. The Morgan fingerprint density at radius 1 is 1.12 bits per heavy atom. The van der Waals surface area contributed by atoms with Crippen LogP contribution in [0.15, 0.2) is 0 Å². The van der Waals surface area contributed by atoms with E-state index in [4.69, 9.17) is 4.98 Å². The first-order chi connectivity index (χ1) is 11.6. The molecule has 2 atom stereocenters. The third kappa shape index (κ3) is 7.78. The highest BCUT2D eigenvalue weighted by molar-refractivity contribution is 9.10. The van der Waals surface area contributed by atoms with Crippen LogP contribution in [0, 0.1) is 17.8 Å². The molecule has 1 aromatic rings. The van der Waals surface area contributed by atoms with Gasteiger partial charge in [-0.2, -0.15) is 0 Å². The van der Waals surface area contributed by atoms with E-state index in [0.29, 0.717) is 23.5 Å². The third-order valence-electron chi connectivity index (χ3n) is 4.19. The Kier molecular flexibility index (Phi) is 9.65. The van der Waals surface area contributed by atoms with E-state index < -0.39 is 0 Å². The lowest BCUT2D eigenvalue weighted by atomic mass is 9.96. The molecule has 0 amide bonds. The van der Waals surface area contributed by atoms with Crippen molar-refractivity contribution < 1.29 is 4.79 Å². The summed E-state index contributed by atoms with van der Waals surface area (Å²) in [6.07, 6.45) is 2.83. The molecule has 1 N–H and O–H groups in total. The maximum atomic E-state index is 12.4. The number of alkyl halides is 1. The van der Waals surface area contributed by atoms with E-state index >= 15 is 0 Å². The zero-order chi connectivity index (χ0) is 19.1. The largest absolute Gasteiger partial charge is 0.361 e. The molecule has 0 bridgehead atoms. The number of halogens is 1. The van der Waals surface area contributed by atoms with Gasteiger partial charge in [0, 0.05) is 17.3 Å². The van der Waals surface area contributed by atoms with Gasteiger partial charge < -0.3 is 5.32 Å². The number of rotatable bonds is 11. The predicted molar refractivity (Wildman–Crippen MR) is 114 cm³/mol. The normalized spacial score (nSPS) is 14.4. The maximum absolute atomic E-state index is 12.4. The minimum Gasteiger partial charge on any atom is -0.361 e. The Morgan fingerprint density at radius 3 is 2.28 bits per heavy atom. The van der Waals surface area contributed by atoms with E-state index in [0.717, 1.165) is 30.9 Å². The van der Waals surface area contributed by atoms with Gasteiger partial charge in [-0.15, -0.1) is 11.3 Å². The molecular formula is C20H35BrN2OS. The summed E-state index contributed by atoms with van der Waals surface area (Å²) in [5.41, 5.74) is 1.22. The number of Topliss-reactive ketones (excluding diaryl/α,β-unsaturated/α-hetero) is 1. The van der Waals surface area contributed by atoms with Crippen molar-refractivity contribution in [3.05, 3.63) is 10.6 Å². The summed E-state index contributed by atoms with van der Waals surface area (Å²) in [5, 5.41) is 4.44. The summed E-state index contributed by atoms with van der Waals surface area (Å²) in [4.78, 5) is 18.6. The Labute approximate surface area is 166 Å². The first-order valence-electron chi connectivity index (χ1n) is 9.53. The number of carbonyl (C=O) groups excluding carboxylic acids is 1. The molecule has 0 radical (unpaired) electrons. The van der Waals surface area contributed by atoms with Gasteiger partial charge in [0.25, 0.3) is 0 Å². The SMILES string of the molecule is CC(C)Cc1sc(NCCC(C)C(=O)C(Br)CC(C)C)nc1C(C)C. The van der Waals surface area contributed by atoms with Crippen molar-refractivity contribution in [3.63, 3.8) is 0 Å². The molecule has 0 aromatic carbocycles. The van der Waals surface area contributed by atoms with Crippen LogP contribution in [0.1, 0.15) is 77.8 Å². The standard InChI is InChI=1S/C20H35BrN2OS/c1-12(2)10-16(21)19(24)15(7)8-9-22-20-23-18(14(5)6)17(25-20)11-13(3)4/h12-16H,8-11H2,1-7H3,(H,22,23). The van der Waals surface area contributed by atoms with Crippen LogP contribution in [0.2, 0.25) is 0 Å². The number of anilines is 1. The first-order valence-corrected chi connectivity index (χ1v) is 11.3. The number of nitrogens with zero attached hydrogens (tertiary/aromatic N) is 1. The van der Waals surface area contributed by atoms with Gasteiger partial charge >= 0.3 is 0 Å². The van der Waals surface area contributed by atoms with Crippen LogP contribution in [0.5, 0.6) is 0 Å². The van der Waals surface area contributed by atoms with E-state index in [1.807, 2.05) is 6.92 Å². The molecule has 1 heterocycles. The van der Waals surface area contributed by atoms with Crippen molar-refractivity contribution in [1.82, 2.24) is 4.98 Å². The second-order valence-corrected chi connectivity index (χ2v) is 10.4. The number of thiazole rings is 1. The van der Waals surface area contributed by atoms with Crippen molar-refractivity contribution >= 4 is 38.2 Å².